The smallest absolute Gasteiger partial charge is 0.242 e. The summed E-state index contributed by atoms with van der Waals surface area (Å²) in [6.07, 6.45) is 1.21. The molecule has 7 heteroatoms. The van der Waals surface area contributed by atoms with E-state index in [9.17, 15) is 8.42 Å². The van der Waals surface area contributed by atoms with E-state index in [1.54, 1.807) is 24.3 Å². The molecule has 19 heavy (non-hydrogen) atoms. The van der Waals surface area contributed by atoms with Crippen LogP contribution in [0.3, 0.4) is 0 Å². The molecular weight excluding hydrogens is 307 g/mol. The number of hydrogen-bond acceptors (Lipinski definition) is 3. The lowest BCUT2D eigenvalue weighted by Gasteiger charge is -2.07. The van der Waals surface area contributed by atoms with Crippen LogP contribution in [-0.2, 0) is 16.6 Å². The van der Waals surface area contributed by atoms with Crippen molar-refractivity contribution in [3.05, 3.63) is 58.3 Å². The number of aromatic nitrogens is 1. The van der Waals surface area contributed by atoms with Gasteiger partial charge in [0.15, 0.2) is 0 Å². The lowest BCUT2D eigenvalue weighted by molar-refractivity contribution is 0.581. The Morgan fingerprint density at radius 1 is 1.11 bits per heavy atom. The average molecular weight is 317 g/mol. The van der Waals surface area contributed by atoms with E-state index < -0.39 is 10.0 Å². The van der Waals surface area contributed by atoms with Gasteiger partial charge in [-0.1, -0.05) is 41.4 Å². The van der Waals surface area contributed by atoms with E-state index in [-0.39, 0.29) is 16.6 Å². The minimum Gasteiger partial charge on any atom is -0.243 e. The second-order valence-electron chi connectivity index (χ2n) is 3.73. The van der Waals surface area contributed by atoms with Crippen molar-refractivity contribution in [1.29, 1.82) is 0 Å². The Hall–Kier alpha value is -1.14. The summed E-state index contributed by atoms with van der Waals surface area (Å²) < 4.78 is 26.4. The number of hydrogen-bond donors (Lipinski definition) is 1. The van der Waals surface area contributed by atoms with Gasteiger partial charge in [-0.3, -0.25) is 0 Å². The van der Waals surface area contributed by atoms with Crippen molar-refractivity contribution in [2.75, 3.05) is 0 Å². The molecule has 4 nitrogen and oxygen atoms in total. The largest absolute Gasteiger partial charge is 0.243 e. The minimum atomic E-state index is -3.62. The Morgan fingerprint density at radius 2 is 1.84 bits per heavy atom. The van der Waals surface area contributed by atoms with Gasteiger partial charge in [-0.25, -0.2) is 18.1 Å². The predicted molar refractivity (Wildman–Crippen MR) is 74.7 cm³/mol. The number of nitrogens with one attached hydrogen (secondary N) is 1. The fourth-order valence-electron chi connectivity index (χ4n) is 1.42. The van der Waals surface area contributed by atoms with E-state index in [0.717, 1.165) is 0 Å². The Balaban J connectivity index is 2.14. The van der Waals surface area contributed by atoms with Crippen molar-refractivity contribution in [3.8, 4) is 0 Å². The van der Waals surface area contributed by atoms with Gasteiger partial charge in [-0.15, -0.1) is 0 Å². The highest BCUT2D eigenvalue weighted by molar-refractivity contribution is 7.89. The van der Waals surface area contributed by atoms with Gasteiger partial charge >= 0.3 is 0 Å². The summed E-state index contributed by atoms with van der Waals surface area (Å²) in [5.41, 5.74) is 0.703. The maximum atomic E-state index is 12.0. The normalized spacial score (nSPS) is 11.5. The Bertz CT molecular complexity index is 672. The fourth-order valence-corrected chi connectivity index (χ4v) is 2.68. The zero-order valence-electron chi connectivity index (χ0n) is 9.68. The number of sulfonamides is 1. The highest BCUT2D eigenvalue weighted by atomic mass is 35.5. The van der Waals surface area contributed by atoms with Crippen molar-refractivity contribution in [2.45, 2.75) is 11.4 Å². The molecule has 0 aliphatic heterocycles. The molecule has 0 saturated heterocycles. The molecule has 1 N–H and O–H groups in total. The molecule has 0 unspecified atom stereocenters. The van der Waals surface area contributed by atoms with Gasteiger partial charge in [-0.2, -0.15) is 0 Å². The first-order valence-electron chi connectivity index (χ1n) is 5.34. The lowest BCUT2D eigenvalue weighted by Crippen LogP contribution is -2.23. The number of rotatable bonds is 4. The standard InChI is InChI=1S/C12H10Cl2N2O2S/c13-11-4-2-1-3-9(11)7-16-19(17,18)10-5-6-12(14)15-8-10/h1-6,8,16H,7H2. The fraction of sp³-hybridized carbons (Fsp3) is 0.0833. The molecule has 1 aromatic carbocycles. The predicted octanol–water partition coefficient (Wildman–Crippen LogP) is 2.87. The van der Waals surface area contributed by atoms with Crippen LogP contribution >= 0.6 is 23.2 Å². The number of pyridine rings is 1. The highest BCUT2D eigenvalue weighted by Crippen LogP contribution is 2.16. The van der Waals surface area contributed by atoms with Crippen molar-refractivity contribution in [2.24, 2.45) is 0 Å². The van der Waals surface area contributed by atoms with Gasteiger partial charge in [-0.05, 0) is 23.8 Å². The third kappa shape index (κ3) is 3.67. The maximum Gasteiger partial charge on any atom is 0.242 e. The molecule has 0 radical (unpaired) electrons. The van der Waals surface area contributed by atoms with Crippen LogP contribution in [0.2, 0.25) is 10.2 Å². The van der Waals surface area contributed by atoms with E-state index in [1.165, 1.54) is 18.3 Å². The average Bonchev–Trinajstić information content (AvgIpc) is 2.38. The lowest BCUT2D eigenvalue weighted by atomic mass is 10.2. The summed E-state index contributed by atoms with van der Waals surface area (Å²) in [4.78, 5) is 3.80. The Morgan fingerprint density at radius 3 is 2.47 bits per heavy atom. The quantitative estimate of drug-likeness (QED) is 0.882. The van der Waals surface area contributed by atoms with Crippen LogP contribution in [0.15, 0.2) is 47.5 Å². The third-order valence-corrected chi connectivity index (χ3v) is 4.40. The monoisotopic (exact) mass is 316 g/mol. The van der Waals surface area contributed by atoms with Crippen LogP contribution in [0.4, 0.5) is 0 Å². The number of halogens is 2. The molecule has 0 fully saturated rings. The van der Waals surface area contributed by atoms with Crippen LogP contribution in [0.25, 0.3) is 0 Å². The zero-order valence-corrected chi connectivity index (χ0v) is 12.0. The zero-order chi connectivity index (χ0) is 13.9. The van der Waals surface area contributed by atoms with E-state index in [4.69, 9.17) is 23.2 Å². The molecule has 0 aliphatic rings. The molecule has 1 aromatic heterocycles. The number of benzene rings is 1. The first-order chi connectivity index (χ1) is 8.99. The van der Waals surface area contributed by atoms with Gasteiger partial charge in [0.05, 0.1) is 0 Å². The van der Waals surface area contributed by atoms with Crippen molar-refractivity contribution < 1.29 is 8.42 Å². The van der Waals surface area contributed by atoms with Crippen molar-refractivity contribution in [1.82, 2.24) is 9.71 Å². The second kappa shape index (κ2) is 5.88. The van der Waals surface area contributed by atoms with Crippen LogP contribution in [0.1, 0.15) is 5.56 Å². The summed E-state index contributed by atoms with van der Waals surface area (Å²) in [6.45, 7) is 0.116. The molecular formula is C12H10Cl2N2O2S. The van der Waals surface area contributed by atoms with Gasteiger partial charge in [0.25, 0.3) is 0 Å². The molecule has 2 rings (SSSR count). The molecule has 2 aromatic rings. The minimum absolute atomic E-state index is 0.0592. The van der Waals surface area contributed by atoms with Crippen LogP contribution < -0.4 is 4.72 Å². The van der Waals surface area contributed by atoms with E-state index in [0.29, 0.717) is 10.6 Å². The molecule has 0 spiro atoms. The van der Waals surface area contributed by atoms with Crippen molar-refractivity contribution >= 4 is 33.2 Å². The second-order valence-corrected chi connectivity index (χ2v) is 6.29. The third-order valence-electron chi connectivity index (χ3n) is 2.42. The van der Waals surface area contributed by atoms with Crippen LogP contribution in [0, 0.1) is 0 Å². The Kier molecular flexibility index (Phi) is 4.42. The van der Waals surface area contributed by atoms with Crippen molar-refractivity contribution in [3.63, 3.8) is 0 Å². The molecule has 0 saturated carbocycles. The summed E-state index contributed by atoms with van der Waals surface area (Å²) in [7, 11) is -3.62. The summed E-state index contributed by atoms with van der Waals surface area (Å²) in [5.74, 6) is 0. The summed E-state index contributed by atoms with van der Waals surface area (Å²) in [5, 5.41) is 0.754. The molecule has 0 atom stereocenters. The van der Waals surface area contributed by atoms with Gasteiger partial charge in [0.1, 0.15) is 10.0 Å². The molecule has 100 valence electrons. The Labute approximate surface area is 121 Å². The first-order valence-corrected chi connectivity index (χ1v) is 7.57. The summed E-state index contributed by atoms with van der Waals surface area (Å²) >= 11 is 11.6. The maximum absolute atomic E-state index is 12.0. The van der Waals surface area contributed by atoms with E-state index >= 15 is 0 Å². The van der Waals surface area contributed by atoms with E-state index in [2.05, 4.69) is 9.71 Å². The van der Waals surface area contributed by atoms with Gasteiger partial charge in [0.2, 0.25) is 10.0 Å². The number of nitrogens with zero attached hydrogens (tertiary/aromatic N) is 1. The molecule has 1 heterocycles. The molecule has 0 aliphatic carbocycles. The van der Waals surface area contributed by atoms with Gasteiger partial charge in [0, 0.05) is 17.8 Å². The van der Waals surface area contributed by atoms with Crippen LogP contribution in [-0.4, -0.2) is 13.4 Å². The van der Waals surface area contributed by atoms with Crippen LogP contribution in [0.5, 0.6) is 0 Å². The molecule has 0 bridgehead atoms. The van der Waals surface area contributed by atoms with E-state index in [1.807, 2.05) is 0 Å². The first kappa shape index (κ1) is 14.3. The highest BCUT2D eigenvalue weighted by Gasteiger charge is 2.14. The topological polar surface area (TPSA) is 59.1 Å². The van der Waals surface area contributed by atoms with Gasteiger partial charge < -0.3 is 0 Å². The SMILES string of the molecule is O=S(=O)(NCc1ccccc1Cl)c1ccc(Cl)nc1. The molecule has 0 amide bonds. The summed E-state index contributed by atoms with van der Waals surface area (Å²) in [6, 6.07) is 9.85.